The maximum atomic E-state index is 4.65. The number of rotatable bonds is 6. The molecule has 0 unspecified atom stereocenters. The largest absolute Gasteiger partial charge is 0.308 e. The summed E-state index contributed by atoms with van der Waals surface area (Å²) in [4.78, 5) is 0. The van der Waals surface area contributed by atoms with Crippen LogP contribution in [0.2, 0.25) is 0 Å². The summed E-state index contributed by atoms with van der Waals surface area (Å²) in [7, 11) is 0. The second kappa shape index (κ2) is 5.87. The van der Waals surface area contributed by atoms with E-state index >= 15 is 0 Å². The first-order valence-electron chi connectivity index (χ1n) is 7.66. The minimum absolute atomic E-state index is 0.775. The van der Waals surface area contributed by atoms with Crippen LogP contribution < -0.4 is 5.32 Å². The van der Waals surface area contributed by atoms with Gasteiger partial charge in [-0.25, -0.2) is 0 Å². The van der Waals surface area contributed by atoms with E-state index in [0.717, 1.165) is 25.0 Å². The van der Waals surface area contributed by atoms with E-state index < -0.39 is 0 Å². The Bertz CT molecular complexity index is 362. The maximum Gasteiger partial charge on any atom is 0.0762 e. The molecule has 2 aliphatic rings. The lowest BCUT2D eigenvalue weighted by Crippen LogP contribution is -2.16. The smallest absolute Gasteiger partial charge is 0.0762 e. The Labute approximate surface area is 110 Å². The molecule has 1 aromatic rings. The van der Waals surface area contributed by atoms with Crippen LogP contribution in [0.3, 0.4) is 0 Å². The molecule has 1 heterocycles. The van der Waals surface area contributed by atoms with Crippen molar-refractivity contribution in [2.45, 2.75) is 70.5 Å². The molecule has 0 saturated heterocycles. The lowest BCUT2D eigenvalue weighted by atomic mass is 9.87. The molecule has 0 amide bonds. The van der Waals surface area contributed by atoms with Gasteiger partial charge < -0.3 is 5.32 Å². The molecule has 2 saturated carbocycles. The average Bonchev–Trinajstić information content (AvgIpc) is 3.14. The zero-order valence-electron chi connectivity index (χ0n) is 11.3. The van der Waals surface area contributed by atoms with Gasteiger partial charge in [0.2, 0.25) is 0 Å². The third-order valence-corrected chi connectivity index (χ3v) is 4.34. The monoisotopic (exact) mass is 247 g/mol. The van der Waals surface area contributed by atoms with E-state index in [2.05, 4.69) is 27.4 Å². The molecule has 3 heteroatoms. The SMILES string of the molecule is c1cn(CCC2CCCCC2)nc1CNC1CC1. The summed E-state index contributed by atoms with van der Waals surface area (Å²) < 4.78 is 2.14. The second-order valence-electron chi connectivity index (χ2n) is 6.02. The fourth-order valence-corrected chi connectivity index (χ4v) is 2.95. The Morgan fingerprint density at radius 1 is 1.17 bits per heavy atom. The molecule has 0 atom stereocenters. The Kier molecular flexibility index (Phi) is 3.99. The quantitative estimate of drug-likeness (QED) is 0.837. The molecular weight excluding hydrogens is 222 g/mol. The first-order chi connectivity index (χ1) is 8.90. The predicted octanol–water partition coefficient (Wildman–Crippen LogP) is 3.11. The topological polar surface area (TPSA) is 29.9 Å². The third-order valence-electron chi connectivity index (χ3n) is 4.34. The van der Waals surface area contributed by atoms with Crippen molar-refractivity contribution in [2.75, 3.05) is 0 Å². The van der Waals surface area contributed by atoms with Gasteiger partial charge in [0, 0.05) is 25.3 Å². The molecule has 0 spiro atoms. The van der Waals surface area contributed by atoms with E-state index in [1.165, 1.54) is 57.1 Å². The zero-order valence-corrected chi connectivity index (χ0v) is 11.3. The van der Waals surface area contributed by atoms with Gasteiger partial charge in [-0.2, -0.15) is 5.10 Å². The highest BCUT2D eigenvalue weighted by atomic mass is 15.3. The Morgan fingerprint density at radius 3 is 2.78 bits per heavy atom. The number of hydrogen-bond acceptors (Lipinski definition) is 2. The summed E-state index contributed by atoms with van der Waals surface area (Å²) in [5, 5.41) is 8.16. The third kappa shape index (κ3) is 3.58. The van der Waals surface area contributed by atoms with Gasteiger partial charge in [-0.15, -0.1) is 0 Å². The van der Waals surface area contributed by atoms with Crippen LogP contribution in [-0.4, -0.2) is 15.8 Å². The summed E-state index contributed by atoms with van der Waals surface area (Å²) in [5.74, 6) is 0.955. The van der Waals surface area contributed by atoms with Crippen LogP contribution in [0.15, 0.2) is 12.3 Å². The summed E-state index contributed by atoms with van der Waals surface area (Å²) >= 11 is 0. The van der Waals surface area contributed by atoms with E-state index in [0.29, 0.717) is 0 Å². The van der Waals surface area contributed by atoms with Gasteiger partial charge in [0.15, 0.2) is 0 Å². The molecule has 1 N–H and O–H groups in total. The minimum Gasteiger partial charge on any atom is -0.308 e. The van der Waals surface area contributed by atoms with E-state index in [1.54, 1.807) is 0 Å². The van der Waals surface area contributed by atoms with Crippen LogP contribution in [0.1, 0.15) is 57.1 Å². The van der Waals surface area contributed by atoms with E-state index in [9.17, 15) is 0 Å². The van der Waals surface area contributed by atoms with Crippen molar-refractivity contribution in [2.24, 2.45) is 5.92 Å². The Hall–Kier alpha value is -0.830. The molecule has 1 aromatic heterocycles. The number of nitrogens with zero attached hydrogens (tertiary/aromatic N) is 2. The second-order valence-corrected chi connectivity index (χ2v) is 6.02. The van der Waals surface area contributed by atoms with Gasteiger partial charge >= 0.3 is 0 Å². The highest BCUT2D eigenvalue weighted by Gasteiger charge is 2.20. The van der Waals surface area contributed by atoms with Crippen LogP contribution >= 0.6 is 0 Å². The molecule has 100 valence electrons. The number of nitrogens with one attached hydrogen (secondary N) is 1. The highest BCUT2D eigenvalue weighted by molar-refractivity contribution is 4.99. The molecule has 18 heavy (non-hydrogen) atoms. The average molecular weight is 247 g/mol. The summed E-state index contributed by atoms with van der Waals surface area (Å²) in [6, 6.07) is 2.94. The molecule has 0 bridgehead atoms. The lowest BCUT2D eigenvalue weighted by Gasteiger charge is -2.21. The van der Waals surface area contributed by atoms with Crippen LogP contribution in [0, 0.1) is 5.92 Å². The van der Waals surface area contributed by atoms with E-state index in [1.807, 2.05) is 0 Å². The molecule has 3 rings (SSSR count). The first-order valence-corrected chi connectivity index (χ1v) is 7.66. The predicted molar refractivity (Wildman–Crippen MR) is 73.3 cm³/mol. The number of hydrogen-bond donors (Lipinski definition) is 1. The molecule has 3 nitrogen and oxygen atoms in total. The molecule has 2 fully saturated rings. The van der Waals surface area contributed by atoms with Crippen molar-refractivity contribution >= 4 is 0 Å². The van der Waals surface area contributed by atoms with Gasteiger partial charge in [0.05, 0.1) is 5.69 Å². The van der Waals surface area contributed by atoms with Crippen LogP contribution in [0.4, 0.5) is 0 Å². The minimum atomic E-state index is 0.775. The summed E-state index contributed by atoms with van der Waals surface area (Å²) in [5.41, 5.74) is 1.20. The van der Waals surface area contributed by atoms with Crippen molar-refractivity contribution < 1.29 is 0 Å². The summed E-state index contributed by atoms with van der Waals surface area (Å²) in [6.07, 6.45) is 13.4. The van der Waals surface area contributed by atoms with Crippen molar-refractivity contribution in [3.05, 3.63) is 18.0 Å². The van der Waals surface area contributed by atoms with E-state index in [-0.39, 0.29) is 0 Å². The summed E-state index contributed by atoms with van der Waals surface area (Å²) in [6.45, 7) is 2.05. The van der Waals surface area contributed by atoms with Crippen molar-refractivity contribution in [1.29, 1.82) is 0 Å². The number of aromatic nitrogens is 2. The molecule has 2 aliphatic carbocycles. The normalized spacial score (nSPS) is 21.3. The van der Waals surface area contributed by atoms with Gasteiger partial charge in [-0.3, -0.25) is 4.68 Å². The van der Waals surface area contributed by atoms with Gasteiger partial charge in [0.1, 0.15) is 0 Å². The first kappa shape index (κ1) is 12.2. The lowest BCUT2D eigenvalue weighted by molar-refractivity contribution is 0.318. The maximum absolute atomic E-state index is 4.65. The van der Waals surface area contributed by atoms with Crippen LogP contribution in [0.25, 0.3) is 0 Å². The Balaban J connectivity index is 1.41. The molecular formula is C15H25N3. The van der Waals surface area contributed by atoms with Crippen molar-refractivity contribution in [1.82, 2.24) is 15.1 Å². The van der Waals surface area contributed by atoms with Gasteiger partial charge in [0.25, 0.3) is 0 Å². The zero-order chi connectivity index (χ0) is 12.2. The van der Waals surface area contributed by atoms with E-state index in [4.69, 9.17) is 0 Å². The van der Waals surface area contributed by atoms with Crippen LogP contribution in [0.5, 0.6) is 0 Å². The van der Waals surface area contributed by atoms with Crippen molar-refractivity contribution in [3.63, 3.8) is 0 Å². The van der Waals surface area contributed by atoms with Crippen molar-refractivity contribution in [3.8, 4) is 0 Å². The number of aryl methyl sites for hydroxylation is 1. The molecule has 0 radical (unpaired) electrons. The van der Waals surface area contributed by atoms with Crippen LogP contribution in [-0.2, 0) is 13.1 Å². The fraction of sp³-hybridized carbons (Fsp3) is 0.800. The Morgan fingerprint density at radius 2 is 2.00 bits per heavy atom. The highest BCUT2D eigenvalue weighted by Crippen LogP contribution is 2.26. The fourth-order valence-electron chi connectivity index (χ4n) is 2.95. The standard InChI is InChI=1S/C15H25N3/c1-2-4-13(5-3-1)8-10-18-11-9-15(17-18)12-16-14-6-7-14/h9,11,13-14,16H,1-8,10,12H2. The van der Waals surface area contributed by atoms with Gasteiger partial charge in [-0.05, 0) is 31.2 Å². The molecule has 0 aliphatic heterocycles. The molecule has 0 aromatic carbocycles. The van der Waals surface area contributed by atoms with Gasteiger partial charge in [-0.1, -0.05) is 32.1 Å².